The van der Waals surface area contributed by atoms with Crippen LogP contribution in [0.4, 0.5) is 0 Å². The molecule has 0 heterocycles. The number of amides is 2. The Bertz CT molecular complexity index is 526. The molecule has 0 aliphatic heterocycles. The van der Waals surface area contributed by atoms with Crippen LogP contribution in [0.15, 0.2) is 30.3 Å². The van der Waals surface area contributed by atoms with Crippen molar-refractivity contribution in [2.45, 2.75) is 32.9 Å². The van der Waals surface area contributed by atoms with E-state index in [9.17, 15) is 19.5 Å². The fraction of sp³-hybridized carbons (Fsp3) is 0.400. The van der Waals surface area contributed by atoms with E-state index in [1.165, 1.54) is 19.1 Å². The van der Waals surface area contributed by atoms with Gasteiger partial charge in [-0.15, -0.1) is 0 Å². The normalized spacial score (nSPS) is 13.6. The molecule has 1 rings (SSSR count). The van der Waals surface area contributed by atoms with Crippen LogP contribution in [0.2, 0.25) is 0 Å². The maximum Gasteiger partial charge on any atom is 0.327 e. The fourth-order valence-electron chi connectivity index (χ4n) is 2.00. The summed E-state index contributed by atoms with van der Waals surface area (Å²) in [6.07, 6.45) is 0. The van der Waals surface area contributed by atoms with Crippen LogP contribution < -0.4 is 5.73 Å². The predicted octanol–water partition coefficient (Wildman–Crippen LogP) is 1.11. The Labute approximate surface area is 123 Å². The van der Waals surface area contributed by atoms with E-state index in [1.54, 1.807) is 32.0 Å². The molecule has 0 saturated heterocycles. The average Bonchev–Trinajstić information content (AvgIpc) is 2.43. The Balaban J connectivity index is 3.29. The van der Waals surface area contributed by atoms with Gasteiger partial charge in [-0.05, 0) is 25.0 Å². The largest absolute Gasteiger partial charge is 0.480 e. The summed E-state index contributed by atoms with van der Waals surface area (Å²) in [5.41, 5.74) is 5.80. The minimum Gasteiger partial charge on any atom is -0.480 e. The van der Waals surface area contributed by atoms with Crippen molar-refractivity contribution >= 4 is 17.8 Å². The van der Waals surface area contributed by atoms with E-state index >= 15 is 0 Å². The number of benzene rings is 1. The van der Waals surface area contributed by atoms with Gasteiger partial charge >= 0.3 is 5.97 Å². The summed E-state index contributed by atoms with van der Waals surface area (Å²) in [7, 11) is 0. The molecule has 0 radical (unpaired) electrons. The molecule has 6 nitrogen and oxygen atoms in total. The molecule has 0 aliphatic rings. The van der Waals surface area contributed by atoms with E-state index in [4.69, 9.17) is 5.73 Å². The quantitative estimate of drug-likeness (QED) is 0.846. The number of nitrogens with two attached hydrogens (primary N) is 1. The number of carboxylic acids is 1. The minimum atomic E-state index is -1.25. The van der Waals surface area contributed by atoms with Gasteiger partial charge in [0.1, 0.15) is 6.04 Å². The topological polar surface area (TPSA) is 101 Å². The lowest BCUT2D eigenvalue weighted by Gasteiger charge is -2.31. The van der Waals surface area contributed by atoms with Crippen molar-refractivity contribution in [2.24, 2.45) is 11.7 Å². The Kier molecular flexibility index (Phi) is 5.60. The van der Waals surface area contributed by atoms with Crippen LogP contribution in [-0.2, 0) is 9.59 Å². The zero-order valence-electron chi connectivity index (χ0n) is 12.3. The number of imide groups is 1. The second kappa shape index (κ2) is 6.99. The van der Waals surface area contributed by atoms with Crippen molar-refractivity contribution in [2.75, 3.05) is 0 Å². The zero-order valence-corrected chi connectivity index (χ0v) is 12.3. The Hall–Kier alpha value is -2.21. The third kappa shape index (κ3) is 3.88. The molecule has 0 fully saturated rings. The molecule has 0 aliphatic carbocycles. The van der Waals surface area contributed by atoms with E-state index in [0.29, 0.717) is 0 Å². The lowest BCUT2D eigenvalue weighted by Crippen LogP contribution is -2.55. The van der Waals surface area contributed by atoms with Crippen molar-refractivity contribution in [3.8, 4) is 0 Å². The first-order valence-corrected chi connectivity index (χ1v) is 6.68. The molecule has 0 unspecified atom stereocenters. The number of hydrogen-bond donors (Lipinski definition) is 2. The summed E-state index contributed by atoms with van der Waals surface area (Å²) in [4.78, 5) is 37.0. The monoisotopic (exact) mass is 292 g/mol. The highest BCUT2D eigenvalue weighted by Gasteiger charge is 2.38. The highest BCUT2D eigenvalue weighted by molar-refractivity contribution is 6.08. The first kappa shape index (κ1) is 16.8. The third-order valence-electron chi connectivity index (χ3n) is 3.03. The molecular weight excluding hydrogens is 272 g/mol. The lowest BCUT2D eigenvalue weighted by molar-refractivity contribution is -0.150. The smallest absolute Gasteiger partial charge is 0.327 e. The first-order valence-electron chi connectivity index (χ1n) is 6.68. The highest BCUT2D eigenvalue weighted by Crippen LogP contribution is 2.17. The Morgan fingerprint density at radius 2 is 1.62 bits per heavy atom. The molecule has 0 aromatic heterocycles. The van der Waals surface area contributed by atoms with Gasteiger partial charge in [-0.2, -0.15) is 0 Å². The molecule has 3 N–H and O–H groups in total. The van der Waals surface area contributed by atoms with Gasteiger partial charge in [-0.1, -0.05) is 32.0 Å². The van der Waals surface area contributed by atoms with E-state index in [0.717, 1.165) is 4.90 Å². The molecule has 0 bridgehead atoms. The van der Waals surface area contributed by atoms with E-state index < -0.39 is 35.8 Å². The van der Waals surface area contributed by atoms with Crippen LogP contribution in [0.5, 0.6) is 0 Å². The molecule has 2 amide bonds. The van der Waals surface area contributed by atoms with Crippen LogP contribution in [0.3, 0.4) is 0 Å². The number of nitrogens with zero attached hydrogens (tertiary/aromatic N) is 1. The van der Waals surface area contributed by atoms with E-state index in [2.05, 4.69) is 0 Å². The summed E-state index contributed by atoms with van der Waals surface area (Å²) in [5.74, 6) is -3.02. The third-order valence-corrected chi connectivity index (χ3v) is 3.03. The highest BCUT2D eigenvalue weighted by atomic mass is 16.4. The summed E-state index contributed by atoms with van der Waals surface area (Å²) >= 11 is 0. The number of carbonyl (C=O) groups is 3. The van der Waals surface area contributed by atoms with Gasteiger partial charge in [0.15, 0.2) is 0 Å². The standard InChI is InChI=1S/C15H20N2O4/c1-9(2)12(15(20)21)17(13(18)10(3)16)14(19)11-7-5-4-6-8-11/h4-10,12H,16H2,1-3H3,(H,20,21)/t10-,12-/m0/s1. The summed E-state index contributed by atoms with van der Waals surface area (Å²) < 4.78 is 0. The van der Waals surface area contributed by atoms with Gasteiger partial charge in [0.2, 0.25) is 5.91 Å². The fourth-order valence-corrected chi connectivity index (χ4v) is 2.00. The van der Waals surface area contributed by atoms with Gasteiger partial charge in [-0.25, -0.2) is 4.79 Å². The lowest BCUT2D eigenvalue weighted by atomic mass is 10.0. The van der Waals surface area contributed by atoms with Gasteiger partial charge in [0.05, 0.1) is 6.04 Å². The van der Waals surface area contributed by atoms with Gasteiger partial charge in [-0.3, -0.25) is 14.5 Å². The zero-order chi connectivity index (χ0) is 16.2. The molecule has 0 saturated carbocycles. The molecule has 114 valence electrons. The van der Waals surface area contributed by atoms with Crippen LogP contribution in [0.1, 0.15) is 31.1 Å². The van der Waals surface area contributed by atoms with Gasteiger partial charge < -0.3 is 10.8 Å². The molecular formula is C15H20N2O4. The number of aliphatic carboxylic acids is 1. The first-order chi connectivity index (χ1) is 9.77. The summed E-state index contributed by atoms with van der Waals surface area (Å²) in [6, 6.07) is 5.87. The van der Waals surface area contributed by atoms with Crippen LogP contribution >= 0.6 is 0 Å². The van der Waals surface area contributed by atoms with E-state index in [1.807, 2.05) is 0 Å². The van der Waals surface area contributed by atoms with Gasteiger partial charge in [0, 0.05) is 5.56 Å². The van der Waals surface area contributed by atoms with Crippen molar-refractivity contribution < 1.29 is 19.5 Å². The van der Waals surface area contributed by atoms with Crippen LogP contribution in [0.25, 0.3) is 0 Å². The maximum absolute atomic E-state index is 12.5. The van der Waals surface area contributed by atoms with Crippen LogP contribution in [-0.4, -0.2) is 39.9 Å². The van der Waals surface area contributed by atoms with Crippen molar-refractivity contribution in [1.29, 1.82) is 0 Å². The van der Waals surface area contributed by atoms with Crippen molar-refractivity contribution in [3.63, 3.8) is 0 Å². The van der Waals surface area contributed by atoms with Crippen LogP contribution in [0, 0.1) is 5.92 Å². The molecule has 0 spiro atoms. The molecule has 2 atom stereocenters. The van der Waals surface area contributed by atoms with Gasteiger partial charge in [0.25, 0.3) is 5.91 Å². The average molecular weight is 292 g/mol. The number of hydrogen-bond acceptors (Lipinski definition) is 4. The summed E-state index contributed by atoms with van der Waals surface area (Å²) in [5, 5.41) is 9.35. The summed E-state index contributed by atoms with van der Waals surface area (Å²) in [6.45, 7) is 4.70. The maximum atomic E-state index is 12.5. The molecule has 1 aromatic carbocycles. The molecule has 21 heavy (non-hydrogen) atoms. The van der Waals surface area contributed by atoms with Crippen molar-refractivity contribution in [1.82, 2.24) is 4.90 Å². The number of carboxylic acid groups (broad SMARTS) is 1. The number of carbonyl (C=O) groups excluding carboxylic acids is 2. The SMILES string of the molecule is CC(C)[C@@H](C(=O)O)N(C(=O)c1ccccc1)C(=O)[C@H](C)N. The predicted molar refractivity (Wildman–Crippen MR) is 77.5 cm³/mol. The molecule has 6 heteroatoms. The Morgan fingerprint density at radius 1 is 1.10 bits per heavy atom. The van der Waals surface area contributed by atoms with E-state index in [-0.39, 0.29) is 5.56 Å². The second-order valence-electron chi connectivity index (χ2n) is 5.20. The Morgan fingerprint density at radius 3 is 2.00 bits per heavy atom. The second-order valence-corrected chi connectivity index (χ2v) is 5.20. The molecule has 1 aromatic rings. The minimum absolute atomic E-state index is 0.249. The van der Waals surface area contributed by atoms with Crippen molar-refractivity contribution in [3.05, 3.63) is 35.9 Å². The number of rotatable bonds is 5.